The van der Waals surface area contributed by atoms with Gasteiger partial charge in [0.2, 0.25) is 11.7 Å². The van der Waals surface area contributed by atoms with Gasteiger partial charge in [0.25, 0.3) is 0 Å². The van der Waals surface area contributed by atoms with Crippen LogP contribution in [-0.4, -0.2) is 41.9 Å². The molecule has 3 aliphatic rings. The summed E-state index contributed by atoms with van der Waals surface area (Å²) in [7, 11) is 1.65. The molecule has 0 unspecified atom stereocenters. The molecule has 1 aromatic carbocycles. The van der Waals surface area contributed by atoms with Crippen molar-refractivity contribution in [2.45, 2.75) is 57.5 Å². The van der Waals surface area contributed by atoms with Crippen molar-refractivity contribution in [2.24, 2.45) is 0 Å². The molecule has 1 spiro atoms. The first kappa shape index (κ1) is 18.0. The molecule has 5 rings (SSSR count). The smallest absolute Gasteiger partial charge is 0.215 e. The quantitative estimate of drug-likeness (QED) is 0.793. The zero-order chi connectivity index (χ0) is 19.1. The molecule has 2 aliphatic heterocycles. The maximum absolute atomic E-state index is 6.41. The second-order valence-electron chi connectivity index (χ2n) is 8.29. The van der Waals surface area contributed by atoms with E-state index in [1.54, 1.807) is 7.11 Å². The molecule has 1 aromatic heterocycles. The van der Waals surface area contributed by atoms with Crippen LogP contribution in [0.5, 0.6) is 11.6 Å². The number of rotatable bonds is 3. The molecule has 0 N–H and O–H groups in total. The number of piperidine rings is 1. The third-order valence-corrected chi connectivity index (χ3v) is 6.56. The molecule has 0 amide bonds. The predicted molar refractivity (Wildman–Crippen MR) is 108 cm³/mol. The Hall–Kier alpha value is -2.11. The van der Waals surface area contributed by atoms with Crippen LogP contribution in [0, 0.1) is 6.92 Å². The van der Waals surface area contributed by atoms with E-state index in [0.29, 0.717) is 12.5 Å². The van der Waals surface area contributed by atoms with Crippen molar-refractivity contribution in [3.63, 3.8) is 0 Å². The lowest BCUT2D eigenvalue weighted by Gasteiger charge is -2.47. The fourth-order valence-corrected chi connectivity index (χ4v) is 4.57. The summed E-state index contributed by atoms with van der Waals surface area (Å²) in [6.07, 6.45) is 7.87. The Balaban J connectivity index is 1.32. The first-order valence-electron chi connectivity index (χ1n) is 10.4. The number of benzene rings is 1. The molecule has 3 heterocycles. The first-order valence-corrected chi connectivity index (χ1v) is 10.4. The Kier molecular flexibility index (Phi) is 4.52. The highest BCUT2D eigenvalue weighted by Gasteiger charge is 2.42. The minimum absolute atomic E-state index is 0.437. The summed E-state index contributed by atoms with van der Waals surface area (Å²) in [5, 5.41) is 0. The van der Waals surface area contributed by atoms with Gasteiger partial charge in [0.05, 0.1) is 13.7 Å². The first-order chi connectivity index (χ1) is 13.7. The van der Waals surface area contributed by atoms with Crippen LogP contribution in [0.2, 0.25) is 0 Å². The van der Waals surface area contributed by atoms with Crippen LogP contribution < -0.4 is 9.47 Å². The third-order valence-electron chi connectivity index (χ3n) is 6.56. The van der Waals surface area contributed by atoms with Crippen molar-refractivity contribution in [1.82, 2.24) is 9.88 Å². The normalized spacial score (nSPS) is 21.6. The highest BCUT2D eigenvalue weighted by atomic mass is 16.7. The lowest BCUT2D eigenvalue weighted by atomic mass is 9.89. The van der Waals surface area contributed by atoms with E-state index in [-0.39, 0.29) is 0 Å². The average molecular weight is 380 g/mol. The van der Waals surface area contributed by atoms with Crippen LogP contribution >= 0.6 is 0 Å². The van der Waals surface area contributed by atoms with Crippen LogP contribution in [0.4, 0.5) is 0 Å². The number of ether oxygens (including phenoxy) is 3. The Morgan fingerprint density at radius 3 is 2.64 bits per heavy atom. The van der Waals surface area contributed by atoms with Crippen LogP contribution in [0.1, 0.15) is 43.2 Å². The van der Waals surface area contributed by atoms with E-state index in [1.807, 2.05) is 13.1 Å². The molecular formula is C23H28N2O3. The van der Waals surface area contributed by atoms with Crippen LogP contribution in [0.3, 0.4) is 0 Å². The van der Waals surface area contributed by atoms with Gasteiger partial charge in [-0.05, 0) is 43.5 Å². The standard InChI is InChI=1S/C23H28N2O3/c1-16-12-18(14-24-22(16)26-2)17-6-7-21-19(13-17)15-27-23(28-21)8-10-25(11-9-23)20-4-3-5-20/h6-7,12-14,20H,3-5,8-11,15H2,1-2H3. The molecule has 1 saturated carbocycles. The van der Waals surface area contributed by atoms with E-state index in [4.69, 9.17) is 14.2 Å². The van der Waals surface area contributed by atoms with Gasteiger partial charge in [0.1, 0.15) is 5.75 Å². The number of aryl methyl sites for hydroxylation is 1. The number of hydrogen-bond acceptors (Lipinski definition) is 5. The molecule has 2 fully saturated rings. The van der Waals surface area contributed by atoms with Gasteiger partial charge in [-0.2, -0.15) is 0 Å². The SMILES string of the molecule is COc1ncc(-c2ccc3c(c2)COC2(CCN(C4CCC4)CC2)O3)cc1C. The second-order valence-corrected chi connectivity index (χ2v) is 8.29. The number of nitrogens with zero attached hydrogens (tertiary/aromatic N) is 2. The van der Waals surface area contributed by atoms with E-state index in [9.17, 15) is 0 Å². The minimum atomic E-state index is -0.437. The van der Waals surface area contributed by atoms with Gasteiger partial charge in [0, 0.05) is 54.9 Å². The largest absolute Gasteiger partial charge is 0.481 e. The summed E-state index contributed by atoms with van der Waals surface area (Å²) in [4.78, 5) is 7.02. The van der Waals surface area contributed by atoms with Gasteiger partial charge in [-0.1, -0.05) is 12.5 Å². The van der Waals surface area contributed by atoms with Gasteiger partial charge in [-0.3, -0.25) is 4.90 Å². The fourth-order valence-electron chi connectivity index (χ4n) is 4.57. The molecule has 0 radical (unpaired) electrons. The van der Waals surface area contributed by atoms with Crippen molar-refractivity contribution in [1.29, 1.82) is 0 Å². The molecule has 0 atom stereocenters. The Bertz CT molecular complexity index is 870. The van der Waals surface area contributed by atoms with Crippen molar-refractivity contribution in [3.05, 3.63) is 41.6 Å². The van der Waals surface area contributed by atoms with E-state index < -0.39 is 5.79 Å². The van der Waals surface area contributed by atoms with Gasteiger partial charge < -0.3 is 14.2 Å². The van der Waals surface area contributed by atoms with E-state index >= 15 is 0 Å². The second kappa shape index (κ2) is 7.05. The number of pyridine rings is 1. The van der Waals surface area contributed by atoms with Crippen molar-refractivity contribution in [2.75, 3.05) is 20.2 Å². The summed E-state index contributed by atoms with van der Waals surface area (Å²) in [6, 6.07) is 9.28. The van der Waals surface area contributed by atoms with Crippen LogP contribution in [0.15, 0.2) is 30.5 Å². The van der Waals surface area contributed by atoms with Gasteiger partial charge >= 0.3 is 0 Å². The molecule has 5 heteroatoms. The predicted octanol–water partition coefficient (Wildman–Crippen LogP) is 4.32. The molecule has 1 aliphatic carbocycles. The molecule has 148 valence electrons. The third kappa shape index (κ3) is 3.16. The van der Waals surface area contributed by atoms with Crippen LogP contribution in [-0.2, 0) is 11.3 Å². The number of hydrogen-bond donors (Lipinski definition) is 0. The average Bonchev–Trinajstić information content (AvgIpc) is 2.68. The summed E-state index contributed by atoms with van der Waals surface area (Å²) < 4.78 is 18.0. The zero-order valence-electron chi connectivity index (χ0n) is 16.7. The highest BCUT2D eigenvalue weighted by Crippen LogP contribution is 2.40. The lowest BCUT2D eigenvalue weighted by molar-refractivity contribution is -0.231. The molecule has 0 bridgehead atoms. The number of aromatic nitrogens is 1. The summed E-state index contributed by atoms with van der Waals surface area (Å²) in [5.41, 5.74) is 4.34. The number of fused-ring (bicyclic) bond motifs is 1. The van der Waals surface area contributed by atoms with Crippen molar-refractivity contribution >= 4 is 0 Å². The monoisotopic (exact) mass is 380 g/mol. The molecule has 2 aromatic rings. The Morgan fingerprint density at radius 2 is 1.96 bits per heavy atom. The van der Waals surface area contributed by atoms with Gasteiger partial charge in [0.15, 0.2) is 0 Å². The number of methoxy groups -OCH3 is 1. The van der Waals surface area contributed by atoms with Gasteiger partial charge in [-0.15, -0.1) is 0 Å². The van der Waals surface area contributed by atoms with E-state index in [2.05, 4.69) is 34.1 Å². The topological polar surface area (TPSA) is 43.8 Å². The van der Waals surface area contributed by atoms with Crippen molar-refractivity contribution < 1.29 is 14.2 Å². The maximum atomic E-state index is 6.41. The summed E-state index contributed by atoms with van der Waals surface area (Å²) >= 11 is 0. The maximum Gasteiger partial charge on any atom is 0.215 e. The number of likely N-dealkylation sites (tertiary alicyclic amines) is 1. The molecule has 5 nitrogen and oxygen atoms in total. The summed E-state index contributed by atoms with van der Waals surface area (Å²) in [5.74, 6) is 1.20. The minimum Gasteiger partial charge on any atom is -0.481 e. The summed E-state index contributed by atoms with van der Waals surface area (Å²) in [6.45, 7) is 4.78. The fraction of sp³-hybridized carbons (Fsp3) is 0.522. The van der Waals surface area contributed by atoms with Crippen molar-refractivity contribution in [3.8, 4) is 22.8 Å². The Morgan fingerprint density at radius 1 is 1.14 bits per heavy atom. The van der Waals surface area contributed by atoms with Crippen LogP contribution in [0.25, 0.3) is 11.1 Å². The van der Waals surface area contributed by atoms with E-state index in [1.165, 1.54) is 19.3 Å². The molecular weight excluding hydrogens is 352 g/mol. The lowest BCUT2D eigenvalue weighted by Crippen LogP contribution is -2.54. The zero-order valence-corrected chi connectivity index (χ0v) is 16.7. The Labute approximate surface area is 166 Å². The van der Waals surface area contributed by atoms with Gasteiger partial charge in [-0.25, -0.2) is 4.98 Å². The van der Waals surface area contributed by atoms with E-state index in [0.717, 1.165) is 60.0 Å². The molecule has 1 saturated heterocycles. The highest BCUT2D eigenvalue weighted by molar-refractivity contribution is 5.66. The molecule has 28 heavy (non-hydrogen) atoms.